The summed E-state index contributed by atoms with van der Waals surface area (Å²) in [6.45, 7) is 3.14. The molecular weight excluding hydrogens is 266 g/mol. The Balaban J connectivity index is 2.01. The first-order valence-electron chi connectivity index (χ1n) is 6.99. The lowest BCUT2D eigenvalue weighted by Crippen LogP contribution is -2.09. The van der Waals surface area contributed by atoms with Gasteiger partial charge in [0, 0.05) is 22.4 Å². The second kappa shape index (κ2) is 5.81. The highest BCUT2D eigenvalue weighted by molar-refractivity contribution is 7.97. The molecule has 102 valence electrons. The van der Waals surface area contributed by atoms with E-state index in [-0.39, 0.29) is 5.78 Å². The van der Waals surface area contributed by atoms with Crippen LogP contribution in [-0.4, -0.2) is 12.3 Å². The Hall–Kier alpha value is -1.58. The topological polar surface area (TPSA) is 29.1 Å². The molecule has 1 aliphatic rings. The Bertz CT molecular complexity index is 691. The molecule has 0 spiro atoms. The van der Waals surface area contributed by atoms with Crippen LogP contribution >= 0.6 is 11.9 Å². The number of allylic oxidation sites excluding steroid dienone is 1. The molecule has 0 aromatic heterocycles. The second-order valence-corrected chi connectivity index (χ2v) is 5.86. The molecule has 3 heteroatoms. The summed E-state index contributed by atoms with van der Waals surface area (Å²) < 4.78 is 3.35. The first-order valence-corrected chi connectivity index (χ1v) is 7.80. The van der Waals surface area contributed by atoms with Crippen LogP contribution in [0.3, 0.4) is 0 Å². The van der Waals surface area contributed by atoms with Gasteiger partial charge in [0.15, 0.2) is 5.78 Å². The fourth-order valence-electron chi connectivity index (χ4n) is 2.48. The highest BCUT2D eigenvalue weighted by Crippen LogP contribution is 2.34. The molecule has 2 aromatic rings. The van der Waals surface area contributed by atoms with E-state index in [1.165, 1.54) is 6.42 Å². The number of rotatable bonds is 5. The molecule has 0 atom stereocenters. The normalized spacial score (nSPS) is 13.2. The van der Waals surface area contributed by atoms with E-state index in [2.05, 4.69) is 29.8 Å². The van der Waals surface area contributed by atoms with Gasteiger partial charge in [0.2, 0.25) is 0 Å². The summed E-state index contributed by atoms with van der Waals surface area (Å²) in [6.07, 6.45) is 5.91. The largest absolute Gasteiger partial charge is 0.289 e. The highest BCUT2D eigenvalue weighted by Gasteiger charge is 2.18. The minimum absolute atomic E-state index is 0.106. The maximum atomic E-state index is 12.3. The van der Waals surface area contributed by atoms with Gasteiger partial charge >= 0.3 is 0 Å². The minimum Gasteiger partial charge on any atom is -0.289 e. The quantitative estimate of drug-likeness (QED) is 0.649. The van der Waals surface area contributed by atoms with Gasteiger partial charge < -0.3 is 0 Å². The zero-order valence-electron chi connectivity index (χ0n) is 11.5. The number of ketones is 1. The predicted octanol–water partition coefficient (Wildman–Crippen LogP) is 4.45. The van der Waals surface area contributed by atoms with Crippen LogP contribution in [-0.2, 0) is 0 Å². The Labute approximate surface area is 123 Å². The van der Waals surface area contributed by atoms with Crippen molar-refractivity contribution >= 4 is 34.6 Å². The number of hydrogen-bond acceptors (Lipinski definition) is 3. The monoisotopic (exact) mass is 283 g/mol. The summed E-state index contributed by atoms with van der Waals surface area (Å²) in [5.74, 6) is 0.106. The lowest BCUT2D eigenvalue weighted by molar-refractivity contribution is 0.104. The van der Waals surface area contributed by atoms with Gasteiger partial charge in [-0.2, -0.15) is 0 Å². The second-order valence-electron chi connectivity index (χ2n) is 4.93. The Kier molecular flexibility index (Phi) is 3.90. The molecule has 0 unspecified atom stereocenters. The standard InChI is InChI=1S/C17H17NOS/c1-2-3-11-18-20-15-10-8-13-6-4-5-12-7-9-14(19)17(15)16(12)13/h4-10,18H,2-3,11H2,1H3. The first kappa shape index (κ1) is 13.4. The minimum atomic E-state index is 0.106. The van der Waals surface area contributed by atoms with Crippen molar-refractivity contribution in [2.45, 2.75) is 24.7 Å². The van der Waals surface area contributed by atoms with Crippen LogP contribution in [0.25, 0.3) is 16.8 Å². The van der Waals surface area contributed by atoms with Crippen LogP contribution in [0, 0.1) is 0 Å². The van der Waals surface area contributed by atoms with E-state index in [1.807, 2.05) is 18.2 Å². The molecule has 2 nitrogen and oxygen atoms in total. The van der Waals surface area contributed by atoms with Crippen molar-refractivity contribution in [3.05, 3.63) is 47.5 Å². The van der Waals surface area contributed by atoms with E-state index < -0.39 is 0 Å². The van der Waals surface area contributed by atoms with Gasteiger partial charge in [0.05, 0.1) is 0 Å². The van der Waals surface area contributed by atoms with E-state index in [0.717, 1.165) is 39.8 Å². The number of carbonyl (C=O) groups is 1. The summed E-state index contributed by atoms with van der Waals surface area (Å²) in [7, 11) is 0. The van der Waals surface area contributed by atoms with E-state index >= 15 is 0 Å². The van der Waals surface area contributed by atoms with Crippen LogP contribution in [0.15, 0.2) is 41.3 Å². The summed E-state index contributed by atoms with van der Waals surface area (Å²) in [6, 6.07) is 10.3. The predicted molar refractivity (Wildman–Crippen MR) is 86.1 cm³/mol. The van der Waals surface area contributed by atoms with Gasteiger partial charge in [-0.3, -0.25) is 9.52 Å². The number of carbonyl (C=O) groups excluding carboxylic acids is 1. The van der Waals surface area contributed by atoms with Gasteiger partial charge in [-0.15, -0.1) is 0 Å². The Morgan fingerprint density at radius 2 is 2.05 bits per heavy atom. The van der Waals surface area contributed by atoms with Crippen molar-refractivity contribution in [3.63, 3.8) is 0 Å². The third-order valence-corrected chi connectivity index (χ3v) is 4.42. The zero-order valence-corrected chi connectivity index (χ0v) is 12.3. The van der Waals surface area contributed by atoms with E-state index in [0.29, 0.717) is 0 Å². The lowest BCUT2D eigenvalue weighted by Gasteiger charge is -2.15. The van der Waals surface area contributed by atoms with Gasteiger partial charge in [-0.05, 0) is 41.5 Å². The van der Waals surface area contributed by atoms with Crippen molar-refractivity contribution < 1.29 is 4.79 Å². The van der Waals surface area contributed by atoms with Crippen molar-refractivity contribution in [2.24, 2.45) is 0 Å². The maximum Gasteiger partial charge on any atom is 0.187 e. The van der Waals surface area contributed by atoms with Crippen LogP contribution in [0.2, 0.25) is 0 Å². The molecule has 2 aromatic carbocycles. The van der Waals surface area contributed by atoms with E-state index in [9.17, 15) is 4.79 Å². The van der Waals surface area contributed by atoms with Crippen molar-refractivity contribution in [2.75, 3.05) is 6.54 Å². The molecule has 3 rings (SSSR count). The summed E-state index contributed by atoms with van der Waals surface area (Å²) in [5.41, 5.74) is 1.97. The molecule has 0 amide bonds. The SMILES string of the molecule is CCCCNSc1ccc2cccc3c2c1C(=O)C=C3. The van der Waals surface area contributed by atoms with Crippen LogP contribution < -0.4 is 4.72 Å². The maximum absolute atomic E-state index is 12.3. The van der Waals surface area contributed by atoms with E-state index in [1.54, 1.807) is 18.0 Å². The Morgan fingerprint density at radius 1 is 1.15 bits per heavy atom. The molecule has 0 saturated carbocycles. The number of hydrogen-bond donors (Lipinski definition) is 1. The first-order chi connectivity index (χ1) is 9.81. The summed E-state index contributed by atoms with van der Waals surface area (Å²) in [4.78, 5) is 13.3. The lowest BCUT2D eigenvalue weighted by atomic mass is 9.92. The molecule has 1 aliphatic carbocycles. The third-order valence-electron chi connectivity index (χ3n) is 3.51. The molecule has 1 N–H and O–H groups in total. The molecule has 0 radical (unpaired) electrons. The molecule has 0 bridgehead atoms. The summed E-state index contributed by atoms with van der Waals surface area (Å²) in [5, 5.41) is 2.22. The highest BCUT2D eigenvalue weighted by atomic mass is 32.2. The number of benzene rings is 2. The average Bonchev–Trinajstić information content (AvgIpc) is 2.48. The fourth-order valence-corrected chi connectivity index (χ4v) is 3.33. The number of unbranched alkanes of at least 4 members (excludes halogenated alkanes) is 1. The van der Waals surface area contributed by atoms with Gasteiger partial charge in [0.1, 0.15) is 0 Å². The van der Waals surface area contributed by atoms with Crippen molar-refractivity contribution in [1.82, 2.24) is 4.72 Å². The van der Waals surface area contributed by atoms with Gasteiger partial charge in [-0.25, -0.2) is 0 Å². The van der Waals surface area contributed by atoms with Crippen molar-refractivity contribution in [1.29, 1.82) is 0 Å². The average molecular weight is 283 g/mol. The van der Waals surface area contributed by atoms with Crippen LogP contribution in [0.1, 0.15) is 35.7 Å². The molecule has 20 heavy (non-hydrogen) atoms. The molecule has 0 heterocycles. The molecule has 0 fully saturated rings. The van der Waals surface area contributed by atoms with Crippen LogP contribution in [0.4, 0.5) is 0 Å². The smallest absolute Gasteiger partial charge is 0.187 e. The van der Waals surface area contributed by atoms with Crippen molar-refractivity contribution in [3.8, 4) is 0 Å². The van der Waals surface area contributed by atoms with Gasteiger partial charge in [-0.1, -0.05) is 43.7 Å². The number of nitrogens with one attached hydrogen (secondary N) is 1. The Morgan fingerprint density at radius 3 is 2.90 bits per heavy atom. The molecule has 0 aliphatic heterocycles. The summed E-state index contributed by atoms with van der Waals surface area (Å²) >= 11 is 1.57. The fraction of sp³-hybridized carbons (Fsp3) is 0.235. The van der Waals surface area contributed by atoms with Gasteiger partial charge in [0.25, 0.3) is 0 Å². The van der Waals surface area contributed by atoms with E-state index in [4.69, 9.17) is 0 Å². The van der Waals surface area contributed by atoms with Crippen LogP contribution in [0.5, 0.6) is 0 Å². The zero-order chi connectivity index (χ0) is 13.9. The molecule has 0 saturated heterocycles. The third kappa shape index (κ3) is 2.39. The molecular formula is C17H17NOS.